The first-order valence-corrected chi connectivity index (χ1v) is 13.0. The van der Waals surface area contributed by atoms with E-state index in [1.54, 1.807) is 34.6 Å². The van der Waals surface area contributed by atoms with Crippen molar-refractivity contribution in [2.45, 2.75) is 122 Å². The topological polar surface area (TPSA) is 65.0 Å². The number of hydrogen-bond donors (Lipinski definition) is 1. The molecular weight excluding hydrogens is 384 g/mol. The highest BCUT2D eigenvalue weighted by atomic mass is 28.3. The number of carbonyl (C=O) groups excluding carboxylic acids is 1. The minimum atomic E-state index is -2.04. The van der Waals surface area contributed by atoms with Gasteiger partial charge in [0.25, 0.3) is 0 Å². The second-order valence-corrected chi connectivity index (χ2v) is 16.2. The van der Waals surface area contributed by atoms with Crippen LogP contribution in [0.2, 0.25) is 16.6 Å². The molecule has 0 aromatic rings. The molecule has 1 aliphatic rings. The second-order valence-electron chi connectivity index (χ2n) is 10.6. The van der Waals surface area contributed by atoms with Gasteiger partial charge < -0.3 is 19.3 Å². The maximum atomic E-state index is 12.3. The van der Waals surface area contributed by atoms with Crippen LogP contribution in [-0.2, 0) is 19.0 Å². The van der Waals surface area contributed by atoms with Crippen LogP contribution in [0.3, 0.4) is 0 Å². The van der Waals surface area contributed by atoms with Gasteiger partial charge in [0.2, 0.25) is 0 Å². The molecule has 0 radical (unpaired) electrons. The quantitative estimate of drug-likeness (QED) is 0.375. The van der Waals surface area contributed by atoms with E-state index in [0.29, 0.717) is 16.6 Å². The molecule has 2 atom stereocenters. The summed E-state index contributed by atoms with van der Waals surface area (Å²) in [7, 11) is -2.04. The lowest BCUT2D eigenvalue weighted by Crippen LogP contribution is -2.48. The summed E-state index contributed by atoms with van der Waals surface area (Å²) >= 11 is 0. The first-order chi connectivity index (χ1) is 13.0. The third-order valence-electron chi connectivity index (χ3n) is 5.74. The highest BCUT2D eigenvalue weighted by Gasteiger charge is 2.51. The van der Waals surface area contributed by atoms with Gasteiger partial charge in [-0.2, -0.15) is 0 Å². The van der Waals surface area contributed by atoms with Gasteiger partial charge in [0.05, 0.1) is 13.0 Å². The van der Waals surface area contributed by atoms with Crippen molar-refractivity contribution in [2.24, 2.45) is 0 Å². The zero-order valence-electron chi connectivity index (χ0n) is 20.3. The number of hydrogen-bond acceptors (Lipinski definition) is 5. The molecule has 0 aromatic heterocycles. The smallest absolute Gasteiger partial charge is 0.309 e. The third kappa shape index (κ3) is 6.30. The maximum absolute atomic E-state index is 12.3. The van der Waals surface area contributed by atoms with E-state index < -0.39 is 37.1 Å². The first kappa shape index (κ1) is 26.2. The lowest BCUT2D eigenvalue weighted by molar-refractivity contribution is -0.177. The molecule has 0 bridgehead atoms. The van der Waals surface area contributed by atoms with Gasteiger partial charge in [0.1, 0.15) is 19.8 Å². The van der Waals surface area contributed by atoms with Crippen molar-refractivity contribution in [3.63, 3.8) is 0 Å². The Morgan fingerprint density at radius 3 is 1.93 bits per heavy atom. The summed E-state index contributed by atoms with van der Waals surface area (Å²) in [5.41, 5.74) is 3.12. The molecule has 1 N–H and O–H groups in total. The van der Waals surface area contributed by atoms with Crippen LogP contribution in [0.5, 0.6) is 0 Å². The van der Waals surface area contributed by atoms with Crippen LogP contribution in [0.4, 0.5) is 0 Å². The average molecular weight is 427 g/mol. The van der Waals surface area contributed by atoms with E-state index in [1.165, 1.54) is 0 Å². The number of esters is 1. The van der Waals surface area contributed by atoms with Gasteiger partial charge in [-0.15, -0.1) is 5.54 Å². The van der Waals surface area contributed by atoms with Crippen molar-refractivity contribution < 1.29 is 24.1 Å². The van der Waals surface area contributed by atoms with Crippen LogP contribution in [0.15, 0.2) is 0 Å². The van der Waals surface area contributed by atoms with Crippen molar-refractivity contribution in [3.05, 3.63) is 0 Å². The Balaban J connectivity index is 3.34. The Hall–Kier alpha value is -0.873. The van der Waals surface area contributed by atoms with E-state index in [9.17, 15) is 9.90 Å². The summed E-state index contributed by atoms with van der Waals surface area (Å²) in [5.74, 6) is 1.96. The Kier molecular flexibility index (Phi) is 8.20. The van der Waals surface area contributed by atoms with E-state index in [1.807, 2.05) is 0 Å². The molecule has 0 amide bonds. The number of carbonyl (C=O) groups is 1. The summed E-state index contributed by atoms with van der Waals surface area (Å²) < 4.78 is 17.3. The van der Waals surface area contributed by atoms with Crippen LogP contribution in [0.1, 0.15) is 82.6 Å². The number of aliphatic hydroxyl groups excluding tert-OH is 1. The Bertz CT molecular complexity index is 614. The maximum Gasteiger partial charge on any atom is 0.309 e. The fraction of sp³-hybridized carbons (Fsp3) is 0.870. The second kappa shape index (κ2) is 9.09. The molecule has 0 saturated carbocycles. The van der Waals surface area contributed by atoms with Crippen molar-refractivity contribution in [1.82, 2.24) is 0 Å². The van der Waals surface area contributed by atoms with Crippen molar-refractivity contribution in [3.8, 4) is 11.5 Å². The Morgan fingerprint density at radius 2 is 1.59 bits per heavy atom. The summed E-state index contributed by atoms with van der Waals surface area (Å²) in [6, 6.07) is 0. The molecule has 2 unspecified atom stereocenters. The average Bonchev–Trinajstić information content (AvgIpc) is 2.81. The highest BCUT2D eigenvalue weighted by Crippen LogP contribution is 2.42. The van der Waals surface area contributed by atoms with Gasteiger partial charge in [-0.1, -0.05) is 47.5 Å². The van der Waals surface area contributed by atoms with Crippen LogP contribution in [0.25, 0.3) is 0 Å². The molecule has 1 rings (SSSR count). The SMILES string of the molecule is CC(C)[Si](C#CC1(C(O)CC(=O)OC(C)(C)C)COC(C)(C)O1)(C(C)C)C(C)C. The zero-order valence-corrected chi connectivity index (χ0v) is 21.3. The van der Waals surface area contributed by atoms with E-state index >= 15 is 0 Å². The monoisotopic (exact) mass is 426 g/mol. The molecule has 1 saturated heterocycles. The summed E-state index contributed by atoms with van der Waals surface area (Å²) in [6.45, 7) is 22.6. The number of ether oxygens (including phenoxy) is 3. The number of rotatable bonds is 6. The van der Waals surface area contributed by atoms with E-state index in [0.717, 1.165) is 0 Å². The molecule has 1 heterocycles. The molecule has 6 heteroatoms. The van der Waals surface area contributed by atoms with Crippen molar-refractivity contribution in [1.29, 1.82) is 0 Å². The van der Waals surface area contributed by atoms with Gasteiger partial charge in [0.15, 0.2) is 11.4 Å². The van der Waals surface area contributed by atoms with Crippen LogP contribution < -0.4 is 0 Å². The largest absolute Gasteiger partial charge is 0.460 e. The lowest BCUT2D eigenvalue weighted by atomic mass is 9.96. The molecule has 29 heavy (non-hydrogen) atoms. The van der Waals surface area contributed by atoms with Crippen molar-refractivity contribution >= 4 is 14.0 Å². The predicted molar refractivity (Wildman–Crippen MR) is 119 cm³/mol. The molecule has 0 aliphatic carbocycles. The van der Waals surface area contributed by atoms with Gasteiger partial charge in [0, 0.05) is 0 Å². The molecule has 1 aliphatic heterocycles. The summed E-state index contributed by atoms with van der Waals surface area (Å²) in [5, 5.41) is 11.0. The van der Waals surface area contributed by atoms with Gasteiger partial charge >= 0.3 is 5.97 Å². The van der Waals surface area contributed by atoms with Gasteiger partial charge in [-0.25, -0.2) is 0 Å². The van der Waals surface area contributed by atoms with E-state index in [2.05, 4.69) is 53.0 Å². The molecule has 168 valence electrons. The van der Waals surface area contributed by atoms with Gasteiger partial charge in [-0.05, 0) is 51.2 Å². The van der Waals surface area contributed by atoms with E-state index in [4.69, 9.17) is 14.2 Å². The lowest BCUT2D eigenvalue weighted by Gasteiger charge is -2.39. The van der Waals surface area contributed by atoms with Crippen LogP contribution >= 0.6 is 0 Å². The van der Waals surface area contributed by atoms with Crippen molar-refractivity contribution in [2.75, 3.05) is 6.61 Å². The van der Waals surface area contributed by atoms with Crippen LogP contribution in [-0.4, -0.2) is 48.8 Å². The number of aliphatic hydroxyl groups is 1. The van der Waals surface area contributed by atoms with E-state index in [-0.39, 0.29) is 13.0 Å². The standard InChI is InChI=1S/C23H42O5Si/c1-16(2)29(17(3)4,18(5)6)13-12-23(15-26-22(10,11)28-23)19(24)14-20(25)27-21(7,8)9/h16-19,24H,14-15H2,1-11H3. The first-order valence-electron chi connectivity index (χ1n) is 10.8. The minimum absolute atomic E-state index is 0.121. The molecule has 0 spiro atoms. The minimum Gasteiger partial charge on any atom is -0.460 e. The fourth-order valence-electron chi connectivity index (χ4n) is 4.44. The third-order valence-corrected chi connectivity index (χ3v) is 12.0. The molecular formula is C23H42O5Si. The summed E-state index contributed by atoms with van der Waals surface area (Å²) in [4.78, 5) is 12.3. The normalized spacial score (nSPS) is 23.3. The predicted octanol–water partition coefficient (Wildman–Crippen LogP) is 4.82. The zero-order chi connectivity index (χ0) is 22.8. The molecule has 0 aromatic carbocycles. The Morgan fingerprint density at radius 1 is 1.10 bits per heavy atom. The summed E-state index contributed by atoms with van der Waals surface area (Å²) in [6.07, 6.45) is -1.32. The molecule has 5 nitrogen and oxygen atoms in total. The highest BCUT2D eigenvalue weighted by molar-refractivity contribution is 6.90. The Labute approximate surface area is 178 Å². The fourth-order valence-corrected chi connectivity index (χ4v) is 9.73. The van der Waals surface area contributed by atoms with Crippen LogP contribution in [0, 0.1) is 11.5 Å². The van der Waals surface area contributed by atoms with Gasteiger partial charge in [-0.3, -0.25) is 4.79 Å². The molecule has 1 fully saturated rings.